The Morgan fingerprint density at radius 2 is 1.59 bits per heavy atom. The fourth-order valence-corrected chi connectivity index (χ4v) is 4.75. The molecule has 0 bridgehead atoms. The van der Waals surface area contributed by atoms with E-state index in [1.807, 2.05) is 42.5 Å². The van der Waals surface area contributed by atoms with Crippen molar-refractivity contribution in [2.45, 2.75) is 22.6 Å². The zero-order chi connectivity index (χ0) is 20.5. The number of benzene rings is 3. The highest BCUT2D eigenvalue weighted by Crippen LogP contribution is 2.19. The standard InChI is InChI=1S/C22H24N2O3S2/c25-22(23-14-6-16-28-20-9-2-1-3-10-20)13-15-24-29(26,27)21-12-11-18-7-4-5-8-19(18)17-21/h1-5,7-12,17,24H,6,13-16H2,(H,23,25). The highest BCUT2D eigenvalue weighted by atomic mass is 32.2. The zero-order valence-corrected chi connectivity index (χ0v) is 17.6. The van der Waals surface area contributed by atoms with Crippen molar-refractivity contribution < 1.29 is 13.2 Å². The van der Waals surface area contributed by atoms with Gasteiger partial charge < -0.3 is 5.32 Å². The topological polar surface area (TPSA) is 75.3 Å². The average molecular weight is 429 g/mol. The SMILES string of the molecule is O=C(CCNS(=O)(=O)c1ccc2ccccc2c1)NCCCSc1ccccc1. The minimum absolute atomic E-state index is 0.0692. The third kappa shape index (κ3) is 6.59. The van der Waals surface area contributed by atoms with Crippen molar-refractivity contribution in [2.24, 2.45) is 0 Å². The normalized spacial score (nSPS) is 11.4. The number of fused-ring (bicyclic) bond motifs is 1. The van der Waals surface area contributed by atoms with Crippen LogP contribution >= 0.6 is 11.8 Å². The highest BCUT2D eigenvalue weighted by molar-refractivity contribution is 7.99. The highest BCUT2D eigenvalue weighted by Gasteiger charge is 2.14. The van der Waals surface area contributed by atoms with Crippen molar-refractivity contribution in [3.8, 4) is 0 Å². The summed E-state index contributed by atoms with van der Waals surface area (Å²) in [7, 11) is -3.64. The van der Waals surface area contributed by atoms with E-state index in [0.29, 0.717) is 6.54 Å². The molecule has 0 aromatic heterocycles. The number of carbonyl (C=O) groups is 1. The van der Waals surface area contributed by atoms with E-state index in [-0.39, 0.29) is 23.8 Å². The Bertz CT molecular complexity index is 1050. The van der Waals surface area contributed by atoms with E-state index >= 15 is 0 Å². The second-order valence-corrected chi connectivity index (χ2v) is 9.46. The molecule has 5 nitrogen and oxygen atoms in total. The summed E-state index contributed by atoms with van der Waals surface area (Å²) in [6.45, 7) is 0.649. The molecule has 0 unspecified atom stereocenters. The van der Waals surface area contributed by atoms with Crippen LogP contribution in [0, 0.1) is 0 Å². The second kappa shape index (κ2) is 10.4. The van der Waals surface area contributed by atoms with Crippen LogP contribution in [0.1, 0.15) is 12.8 Å². The van der Waals surface area contributed by atoms with Crippen molar-refractivity contribution in [3.63, 3.8) is 0 Å². The lowest BCUT2D eigenvalue weighted by atomic mass is 10.1. The molecule has 2 N–H and O–H groups in total. The van der Waals surface area contributed by atoms with Crippen molar-refractivity contribution >= 4 is 38.5 Å². The van der Waals surface area contributed by atoms with Gasteiger partial charge in [0.05, 0.1) is 4.90 Å². The van der Waals surface area contributed by atoms with Gasteiger partial charge in [-0.05, 0) is 47.2 Å². The molecule has 0 atom stereocenters. The van der Waals surface area contributed by atoms with E-state index < -0.39 is 10.0 Å². The maximum atomic E-state index is 12.4. The number of amides is 1. The molecule has 0 aliphatic rings. The number of nitrogens with one attached hydrogen (secondary N) is 2. The number of hydrogen-bond donors (Lipinski definition) is 2. The van der Waals surface area contributed by atoms with Gasteiger partial charge in [0.2, 0.25) is 15.9 Å². The summed E-state index contributed by atoms with van der Waals surface area (Å²) in [5, 5.41) is 4.68. The zero-order valence-electron chi connectivity index (χ0n) is 16.0. The van der Waals surface area contributed by atoms with Gasteiger partial charge in [-0.2, -0.15) is 0 Å². The molecule has 3 rings (SSSR count). The van der Waals surface area contributed by atoms with E-state index in [4.69, 9.17) is 0 Å². The Morgan fingerprint density at radius 1 is 0.862 bits per heavy atom. The number of thioether (sulfide) groups is 1. The van der Waals surface area contributed by atoms with Crippen LogP contribution in [0.5, 0.6) is 0 Å². The summed E-state index contributed by atoms with van der Waals surface area (Å²) < 4.78 is 27.4. The van der Waals surface area contributed by atoms with Gasteiger partial charge >= 0.3 is 0 Å². The van der Waals surface area contributed by atoms with E-state index in [1.54, 1.807) is 30.0 Å². The van der Waals surface area contributed by atoms with Gasteiger partial charge in [0, 0.05) is 24.4 Å². The van der Waals surface area contributed by atoms with Crippen LogP contribution in [-0.2, 0) is 14.8 Å². The average Bonchev–Trinajstić information content (AvgIpc) is 2.74. The smallest absolute Gasteiger partial charge is 0.240 e. The van der Waals surface area contributed by atoms with Crippen LogP contribution < -0.4 is 10.0 Å². The van der Waals surface area contributed by atoms with Crippen molar-refractivity contribution in [2.75, 3.05) is 18.8 Å². The van der Waals surface area contributed by atoms with Crippen LogP contribution in [0.4, 0.5) is 0 Å². The molecule has 0 aliphatic heterocycles. The number of rotatable bonds is 10. The lowest BCUT2D eigenvalue weighted by molar-refractivity contribution is -0.120. The van der Waals surface area contributed by atoms with Crippen molar-refractivity contribution in [1.82, 2.24) is 10.0 Å². The van der Waals surface area contributed by atoms with Gasteiger partial charge in [-0.25, -0.2) is 13.1 Å². The first-order chi connectivity index (χ1) is 14.0. The maximum absolute atomic E-state index is 12.4. The minimum Gasteiger partial charge on any atom is -0.356 e. The molecule has 0 saturated heterocycles. The Balaban J connectivity index is 1.37. The van der Waals surface area contributed by atoms with Gasteiger partial charge in [0.25, 0.3) is 0 Å². The van der Waals surface area contributed by atoms with E-state index in [2.05, 4.69) is 22.2 Å². The molecule has 0 saturated carbocycles. The van der Waals surface area contributed by atoms with Crippen LogP contribution in [0.3, 0.4) is 0 Å². The summed E-state index contributed by atoms with van der Waals surface area (Å²) in [4.78, 5) is 13.3. The van der Waals surface area contributed by atoms with Crippen LogP contribution in [0.25, 0.3) is 10.8 Å². The third-order valence-corrected chi connectivity index (χ3v) is 6.89. The molecule has 0 fully saturated rings. The van der Waals surface area contributed by atoms with Gasteiger partial charge in [0.15, 0.2) is 0 Å². The monoisotopic (exact) mass is 428 g/mol. The molecule has 3 aromatic rings. The van der Waals surface area contributed by atoms with Crippen LogP contribution in [0.15, 0.2) is 82.6 Å². The molecule has 3 aromatic carbocycles. The van der Waals surface area contributed by atoms with Crippen molar-refractivity contribution in [3.05, 3.63) is 72.8 Å². The molecule has 7 heteroatoms. The van der Waals surface area contributed by atoms with Gasteiger partial charge in [-0.3, -0.25) is 4.79 Å². The Hall–Kier alpha value is -2.35. The minimum atomic E-state index is -3.64. The van der Waals surface area contributed by atoms with Crippen LogP contribution in [-0.4, -0.2) is 33.2 Å². The Kier molecular flexibility index (Phi) is 7.69. The molecule has 29 heavy (non-hydrogen) atoms. The van der Waals surface area contributed by atoms with Gasteiger partial charge in [-0.15, -0.1) is 11.8 Å². The Labute approximate surface area is 176 Å². The maximum Gasteiger partial charge on any atom is 0.240 e. The predicted molar refractivity (Wildman–Crippen MR) is 119 cm³/mol. The van der Waals surface area contributed by atoms with E-state index in [1.165, 1.54) is 4.90 Å². The van der Waals surface area contributed by atoms with Gasteiger partial charge in [0.1, 0.15) is 0 Å². The third-order valence-electron chi connectivity index (χ3n) is 4.33. The lowest BCUT2D eigenvalue weighted by Crippen LogP contribution is -2.31. The first kappa shape index (κ1) is 21.4. The number of carbonyl (C=O) groups excluding carboxylic acids is 1. The summed E-state index contributed by atoms with van der Waals surface area (Å²) in [5.41, 5.74) is 0. The molecule has 152 valence electrons. The molecule has 0 spiro atoms. The predicted octanol–water partition coefficient (Wildman–Crippen LogP) is 3.81. The van der Waals surface area contributed by atoms with Gasteiger partial charge in [-0.1, -0.05) is 48.5 Å². The molecular weight excluding hydrogens is 404 g/mol. The largest absolute Gasteiger partial charge is 0.356 e. The molecular formula is C22H24N2O3S2. The summed E-state index contributed by atoms with van der Waals surface area (Å²) in [6.07, 6.45) is 0.965. The first-order valence-corrected chi connectivity index (χ1v) is 11.9. The summed E-state index contributed by atoms with van der Waals surface area (Å²) in [5.74, 6) is 0.759. The quantitative estimate of drug-likeness (QED) is 0.380. The first-order valence-electron chi connectivity index (χ1n) is 9.48. The van der Waals surface area contributed by atoms with E-state index in [9.17, 15) is 13.2 Å². The van der Waals surface area contributed by atoms with Crippen molar-refractivity contribution in [1.29, 1.82) is 0 Å². The molecule has 0 heterocycles. The fourth-order valence-electron chi connectivity index (χ4n) is 2.81. The van der Waals surface area contributed by atoms with Crippen LogP contribution in [0.2, 0.25) is 0 Å². The summed E-state index contributed by atoms with van der Waals surface area (Å²) >= 11 is 1.75. The summed E-state index contributed by atoms with van der Waals surface area (Å²) in [6, 6.07) is 22.7. The molecule has 1 amide bonds. The number of sulfonamides is 1. The second-order valence-electron chi connectivity index (χ2n) is 6.52. The Morgan fingerprint density at radius 3 is 2.38 bits per heavy atom. The van der Waals surface area contributed by atoms with E-state index in [0.717, 1.165) is 22.9 Å². The number of hydrogen-bond acceptors (Lipinski definition) is 4. The molecule has 0 radical (unpaired) electrons. The fraction of sp³-hybridized carbons (Fsp3) is 0.227. The molecule has 0 aliphatic carbocycles. The lowest BCUT2D eigenvalue weighted by Gasteiger charge is -2.08.